The van der Waals surface area contributed by atoms with Crippen LogP contribution in [0.5, 0.6) is 0 Å². The molecule has 5 heteroatoms. The Balaban J connectivity index is 2.28. The van der Waals surface area contributed by atoms with Gasteiger partial charge >= 0.3 is 0 Å². The molecule has 20 heavy (non-hydrogen) atoms. The number of rotatable bonds is 5. The molecule has 0 aliphatic carbocycles. The van der Waals surface area contributed by atoms with Gasteiger partial charge in [0.25, 0.3) is 0 Å². The molecule has 0 saturated carbocycles. The Morgan fingerprint density at radius 3 is 2.70 bits per heavy atom. The van der Waals surface area contributed by atoms with Crippen LogP contribution in [0.15, 0.2) is 24.3 Å². The van der Waals surface area contributed by atoms with Crippen LogP contribution in [-0.2, 0) is 6.42 Å². The topological polar surface area (TPSA) is 37.8 Å². The molecule has 0 radical (unpaired) electrons. The summed E-state index contributed by atoms with van der Waals surface area (Å²) in [7, 11) is 0. The van der Waals surface area contributed by atoms with Crippen molar-refractivity contribution in [2.24, 2.45) is 0 Å². The Morgan fingerprint density at radius 1 is 1.25 bits per heavy atom. The highest BCUT2D eigenvalue weighted by Crippen LogP contribution is 2.20. The third-order valence-corrected chi connectivity index (χ3v) is 3.28. The van der Waals surface area contributed by atoms with E-state index in [1.807, 2.05) is 31.2 Å². The van der Waals surface area contributed by atoms with E-state index in [2.05, 4.69) is 15.3 Å². The number of aryl methyl sites for hydroxylation is 1. The van der Waals surface area contributed by atoms with Gasteiger partial charge in [0.1, 0.15) is 5.82 Å². The molecule has 0 fully saturated rings. The molecule has 1 heterocycles. The normalized spacial score (nSPS) is 10.6. The van der Waals surface area contributed by atoms with Crippen molar-refractivity contribution in [1.82, 2.24) is 9.97 Å². The van der Waals surface area contributed by atoms with Gasteiger partial charge in [0.2, 0.25) is 0 Å². The maximum Gasteiger partial charge on any atom is 0.186 e. The van der Waals surface area contributed by atoms with E-state index < -0.39 is 0 Å². The van der Waals surface area contributed by atoms with E-state index in [0.717, 1.165) is 12.0 Å². The lowest BCUT2D eigenvalue weighted by molar-refractivity contribution is 0.600. The minimum Gasteiger partial charge on any atom is -0.368 e. The van der Waals surface area contributed by atoms with Gasteiger partial charge in [-0.05, 0) is 25.0 Å². The highest BCUT2D eigenvalue weighted by molar-refractivity contribution is 6.31. The molecule has 0 atom stereocenters. The summed E-state index contributed by atoms with van der Waals surface area (Å²) in [6.45, 7) is 4.34. The lowest BCUT2D eigenvalue weighted by Gasteiger charge is -2.10. The Kier molecular flexibility index (Phi) is 4.90. The molecular weight excluding hydrogens is 277 g/mol. The van der Waals surface area contributed by atoms with Crippen LogP contribution in [0, 0.1) is 12.7 Å². The van der Waals surface area contributed by atoms with Gasteiger partial charge in [-0.2, -0.15) is 0 Å². The number of nitrogens with one attached hydrogen (secondary N) is 1. The average Bonchev–Trinajstić information content (AvgIpc) is 2.43. The van der Waals surface area contributed by atoms with Crippen molar-refractivity contribution in [3.05, 3.63) is 52.2 Å². The van der Waals surface area contributed by atoms with Crippen molar-refractivity contribution in [2.45, 2.75) is 26.7 Å². The van der Waals surface area contributed by atoms with Crippen molar-refractivity contribution >= 4 is 17.4 Å². The fourth-order valence-corrected chi connectivity index (χ4v) is 2.07. The molecule has 0 bridgehead atoms. The molecule has 1 N–H and O–H groups in total. The molecule has 0 aliphatic rings. The van der Waals surface area contributed by atoms with Crippen LogP contribution in [0.4, 0.5) is 10.2 Å². The van der Waals surface area contributed by atoms with E-state index in [1.165, 1.54) is 0 Å². The summed E-state index contributed by atoms with van der Waals surface area (Å²) in [5, 5.41) is 3.65. The number of hydrogen-bond donors (Lipinski definition) is 1. The first-order valence-electron chi connectivity index (χ1n) is 6.62. The fraction of sp³-hybridized carbons (Fsp3) is 0.333. The summed E-state index contributed by atoms with van der Waals surface area (Å²) in [4.78, 5) is 8.44. The Hall–Kier alpha value is -1.68. The van der Waals surface area contributed by atoms with Gasteiger partial charge in [-0.1, -0.05) is 36.7 Å². The minimum atomic E-state index is -0.388. The second-order valence-corrected chi connectivity index (χ2v) is 4.99. The molecule has 0 amide bonds. The van der Waals surface area contributed by atoms with Crippen molar-refractivity contribution in [1.29, 1.82) is 0 Å². The molecule has 0 spiro atoms. The van der Waals surface area contributed by atoms with Crippen molar-refractivity contribution in [3.63, 3.8) is 0 Å². The quantitative estimate of drug-likeness (QED) is 0.906. The minimum absolute atomic E-state index is 0.265. The molecule has 1 aromatic heterocycles. The van der Waals surface area contributed by atoms with Crippen LogP contribution in [-0.4, -0.2) is 16.5 Å². The smallest absolute Gasteiger partial charge is 0.186 e. The monoisotopic (exact) mass is 293 g/mol. The molecule has 2 rings (SSSR count). The average molecular weight is 294 g/mol. The number of nitrogens with zero attached hydrogens (tertiary/aromatic N) is 2. The molecule has 2 aromatic rings. The van der Waals surface area contributed by atoms with Crippen LogP contribution >= 0.6 is 11.6 Å². The number of hydrogen-bond acceptors (Lipinski definition) is 3. The maximum atomic E-state index is 13.9. The van der Waals surface area contributed by atoms with Gasteiger partial charge in [-0.15, -0.1) is 0 Å². The summed E-state index contributed by atoms with van der Waals surface area (Å²) >= 11 is 6.12. The van der Waals surface area contributed by atoms with E-state index in [0.29, 0.717) is 29.5 Å². The van der Waals surface area contributed by atoms with Crippen LogP contribution in [0.1, 0.15) is 30.4 Å². The standard InChI is InChI=1S/C15H17ClFN3/c1-3-8-18-15-14(17)10(2)19-13(20-15)9-11-6-4-5-7-12(11)16/h4-7H,3,8-9H2,1-2H3,(H,18,19,20). The van der Waals surface area contributed by atoms with Gasteiger partial charge in [0.15, 0.2) is 11.6 Å². The zero-order valence-electron chi connectivity index (χ0n) is 11.6. The first-order valence-corrected chi connectivity index (χ1v) is 7.00. The zero-order valence-corrected chi connectivity index (χ0v) is 12.3. The number of halogens is 2. The van der Waals surface area contributed by atoms with Crippen molar-refractivity contribution in [2.75, 3.05) is 11.9 Å². The second-order valence-electron chi connectivity index (χ2n) is 4.58. The highest BCUT2D eigenvalue weighted by atomic mass is 35.5. The van der Waals surface area contributed by atoms with Crippen LogP contribution in [0.25, 0.3) is 0 Å². The van der Waals surface area contributed by atoms with E-state index in [4.69, 9.17) is 11.6 Å². The predicted molar refractivity (Wildman–Crippen MR) is 79.8 cm³/mol. The molecule has 0 saturated heterocycles. The third-order valence-electron chi connectivity index (χ3n) is 2.91. The number of aromatic nitrogens is 2. The maximum absolute atomic E-state index is 13.9. The first-order chi connectivity index (χ1) is 9.61. The van der Waals surface area contributed by atoms with Crippen LogP contribution < -0.4 is 5.32 Å². The first kappa shape index (κ1) is 14.7. The summed E-state index contributed by atoms with van der Waals surface area (Å²) in [6, 6.07) is 7.53. The Labute approximate surface area is 123 Å². The van der Waals surface area contributed by atoms with Crippen LogP contribution in [0.2, 0.25) is 5.02 Å². The number of benzene rings is 1. The molecular formula is C15H17ClFN3. The van der Waals surface area contributed by atoms with Crippen molar-refractivity contribution in [3.8, 4) is 0 Å². The van der Waals surface area contributed by atoms with Gasteiger partial charge in [0, 0.05) is 18.0 Å². The highest BCUT2D eigenvalue weighted by Gasteiger charge is 2.12. The zero-order chi connectivity index (χ0) is 14.5. The van der Waals surface area contributed by atoms with Gasteiger partial charge in [-0.3, -0.25) is 0 Å². The van der Waals surface area contributed by atoms with Crippen LogP contribution in [0.3, 0.4) is 0 Å². The summed E-state index contributed by atoms with van der Waals surface area (Å²) in [6.07, 6.45) is 1.39. The van der Waals surface area contributed by atoms with Gasteiger partial charge in [0.05, 0.1) is 5.69 Å². The van der Waals surface area contributed by atoms with Crippen molar-refractivity contribution < 1.29 is 4.39 Å². The third kappa shape index (κ3) is 3.45. The number of anilines is 1. The van der Waals surface area contributed by atoms with E-state index in [-0.39, 0.29) is 11.6 Å². The molecule has 1 aromatic carbocycles. The Morgan fingerprint density at radius 2 is 2.00 bits per heavy atom. The van der Waals surface area contributed by atoms with E-state index in [1.54, 1.807) is 6.92 Å². The largest absolute Gasteiger partial charge is 0.368 e. The molecule has 0 unspecified atom stereocenters. The molecule has 3 nitrogen and oxygen atoms in total. The fourth-order valence-electron chi connectivity index (χ4n) is 1.87. The lowest BCUT2D eigenvalue weighted by Crippen LogP contribution is -2.10. The second kappa shape index (κ2) is 6.66. The predicted octanol–water partition coefficient (Wildman–Crippen LogP) is 3.99. The van der Waals surface area contributed by atoms with Gasteiger partial charge in [-0.25, -0.2) is 14.4 Å². The van der Waals surface area contributed by atoms with E-state index >= 15 is 0 Å². The SMILES string of the molecule is CCCNc1nc(Cc2ccccc2Cl)nc(C)c1F. The van der Waals surface area contributed by atoms with Gasteiger partial charge < -0.3 is 5.32 Å². The Bertz CT molecular complexity index is 602. The molecule has 0 aliphatic heterocycles. The summed E-state index contributed by atoms with van der Waals surface area (Å²) < 4.78 is 13.9. The molecule has 106 valence electrons. The lowest BCUT2D eigenvalue weighted by atomic mass is 10.1. The van der Waals surface area contributed by atoms with E-state index in [9.17, 15) is 4.39 Å². The summed E-state index contributed by atoms with van der Waals surface area (Å²) in [5.74, 6) is 0.443. The summed E-state index contributed by atoms with van der Waals surface area (Å²) in [5.41, 5.74) is 1.28.